The predicted molar refractivity (Wildman–Crippen MR) is 83.4 cm³/mol. The molecule has 1 heterocycles. The van der Waals surface area contributed by atoms with E-state index >= 15 is 0 Å². The SMILES string of the molecule is CC(=O)NC(CSCC(=O)N(C)Cc1cccs1)C(=O)O. The van der Waals surface area contributed by atoms with Crippen molar-refractivity contribution in [2.45, 2.75) is 19.5 Å². The number of carbonyl (C=O) groups is 3. The molecule has 0 aliphatic heterocycles. The standard InChI is InChI=1S/C13H18N2O4S2/c1-9(16)14-11(13(18)19)7-20-8-12(17)15(2)6-10-4-3-5-21-10/h3-5,11H,6-8H2,1-2H3,(H,14,16)(H,18,19). The van der Waals surface area contributed by atoms with Crippen molar-refractivity contribution < 1.29 is 19.5 Å². The Kier molecular flexibility index (Phi) is 7.24. The van der Waals surface area contributed by atoms with Gasteiger partial charge in [-0.2, -0.15) is 0 Å². The van der Waals surface area contributed by atoms with E-state index in [2.05, 4.69) is 5.32 Å². The lowest BCUT2D eigenvalue weighted by Crippen LogP contribution is -2.41. The normalized spacial score (nSPS) is 11.7. The van der Waals surface area contributed by atoms with E-state index in [1.165, 1.54) is 18.7 Å². The van der Waals surface area contributed by atoms with Crippen molar-refractivity contribution in [2.75, 3.05) is 18.6 Å². The zero-order chi connectivity index (χ0) is 15.8. The van der Waals surface area contributed by atoms with Crippen LogP contribution in [-0.2, 0) is 20.9 Å². The maximum Gasteiger partial charge on any atom is 0.327 e. The van der Waals surface area contributed by atoms with Crippen LogP contribution in [-0.4, -0.2) is 52.4 Å². The third-order valence-corrected chi connectivity index (χ3v) is 4.47. The number of nitrogens with one attached hydrogen (secondary N) is 1. The molecular formula is C13H18N2O4S2. The molecule has 1 aromatic rings. The van der Waals surface area contributed by atoms with Crippen LogP contribution in [0, 0.1) is 0 Å². The summed E-state index contributed by atoms with van der Waals surface area (Å²) in [5.41, 5.74) is 0. The molecule has 1 atom stereocenters. The number of nitrogens with zero attached hydrogens (tertiary/aromatic N) is 1. The number of aliphatic carboxylic acids is 1. The van der Waals surface area contributed by atoms with E-state index in [-0.39, 0.29) is 17.4 Å². The highest BCUT2D eigenvalue weighted by Crippen LogP contribution is 2.12. The maximum atomic E-state index is 11.9. The molecule has 0 fully saturated rings. The summed E-state index contributed by atoms with van der Waals surface area (Å²) in [6.45, 7) is 1.81. The zero-order valence-electron chi connectivity index (χ0n) is 11.9. The summed E-state index contributed by atoms with van der Waals surface area (Å²) in [5.74, 6) is -1.22. The third-order valence-electron chi connectivity index (χ3n) is 2.58. The molecule has 1 aromatic heterocycles. The Balaban J connectivity index is 2.34. The Labute approximate surface area is 131 Å². The Bertz CT molecular complexity index is 490. The van der Waals surface area contributed by atoms with E-state index < -0.39 is 17.9 Å². The average Bonchev–Trinajstić information content (AvgIpc) is 2.89. The first-order chi connectivity index (χ1) is 9.90. The van der Waals surface area contributed by atoms with Gasteiger partial charge in [-0.3, -0.25) is 9.59 Å². The summed E-state index contributed by atoms with van der Waals surface area (Å²) < 4.78 is 0. The van der Waals surface area contributed by atoms with Gasteiger partial charge in [-0.05, 0) is 11.4 Å². The summed E-state index contributed by atoms with van der Waals surface area (Å²) in [5, 5.41) is 13.2. The second-order valence-corrected chi connectivity index (χ2v) is 6.50. The molecule has 0 aliphatic carbocycles. The first-order valence-electron chi connectivity index (χ1n) is 6.24. The molecule has 0 saturated carbocycles. The van der Waals surface area contributed by atoms with Crippen molar-refractivity contribution >= 4 is 40.9 Å². The van der Waals surface area contributed by atoms with Crippen LogP contribution in [0.15, 0.2) is 17.5 Å². The molecule has 21 heavy (non-hydrogen) atoms. The average molecular weight is 330 g/mol. The topological polar surface area (TPSA) is 86.7 Å². The number of hydrogen-bond acceptors (Lipinski definition) is 5. The van der Waals surface area contributed by atoms with Crippen LogP contribution < -0.4 is 5.32 Å². The van der Waals surface area contributed by atoms with Crippen molar-refractivity contribution in [3.63, 3.8) is 0 Å². The zero-order valence-corrected chi connectivity index (χ0v) is 13.5. The number of rotatable bonds is 8. The van der Waals surface area contributed by atoms with Crippen molar-refractivity contribution in [3.05, 3.63) is 22.4 Å². The number of thioether (sulfide) groups is 1. The second-order valence-electron chi connectivity index (χ2n) is 4.44. The summed E-state index contributed by atoms with van der Waals surface area (Å²) >= 11 is 2.78. The highest BCUT2D eigenvalue weighted by molar-refractivity contribution is 8.00. The minimum atomic E-state index is -1.10. The van der Waals surface area contributed by atoms with Gasteiger partial charge in [-0.1, -0.05) is 6.07 Å². The smallest absolute Gasteiger partial charge is 0.327 e. The van der Waals surface area contributed by atoms with Gasteiger partial charge in [0.25, 0.3) is 0 Å². The number of carboxylic acid groups (broad SMARTS) is 1. The van der Waals surface area contributed by atoms with Crippen LogP contribution in [0.3, 0.4) is 0 Å². The van der Waals surface area contributed by atoms with Gasteiger partial charge in [0.1, 0.15) is 6.04 Å². The number of thiophene rings is 1. The van der Waals surface area contributed by atoms with Crippen LogP contribution in [0.1, 0.15) is 11.8 Å². The van der Waals surface area contributed by atoms with Crippen LogP contribution >= 0.6 is 23.1 Å². The van der Waals surface area contributed by atoms with Crippen LogP contribution in [0.4, 0.5) is 0 Å². The minimum Gasteiger partial charge on any atom is -0.480 e. The number of hydrogen-bond donors (Lipinski definition) is 2. The molecule has 0 radical (unpaired) electrons. The fraction of sp³-hybridized carbons (Fsp3) is 0.462. The van der Waals surface area contributed by atoms with Crippen LogP contribution in [0.2, 0.25) is 0 Å². The molecule has 6 nitrogen and oxygen atoms in total. The minimum absolute atomic E-state index is 0.0691. The second kappa shape index (κ2) is 8.68. The van der Waals surface area contributed by atoms with Crippen molar-refractivity contribution in [1.82, 2.24) is 10.2 Å². The molecule has 1 unspecified atom stereocenters. The molecule has 0 aliphatic rings. The number of amides is 2. The van der Waals surface area contributed by atoms with E-state index in [0.29, 0.717) is 6.54 Å². The molecule has 116 valence electrons. The Morgan fingerprint density at radius 1 is 1.48 bits per heavy atom. The van der Waals surface area contributed by atoms with E-state index in [1.807, 2.05) is 17.5 Å². The molecule has 2 amide bonds. The molecule has 0 bridgehead atoms. The Morgan fingerprint density at radius 3 is 2.71 bits per heavy atom. The molecule has 2 N–H and O–H groups in total. The van der Waals surface area contributed by atoms with E-state index in [0.717, 1.165) is 4.88 Å². The molecular weight excluding hydrogens is 312 g/mol. The first kappa shape index (κ1) is 17.5. The lowest BCUT2D eigenvalue weighted by molar-refractivity contribution is -0.140. The van der Waals surface area contributed by atoms with Crippen molar-refractivity contribution in [1.29, 1.82) is 0 Å². The van der Waals surface area contributed by atoms with Gasteiger partial charge in [0.05, 0.1) is 12.3 Å². The first-order valence-corrected chi connectivity index (χ1v) is 8.27. The number of carboxylic acids is 1. The van der Waals surface area contributed by atoms with Gasteiger partial charge in [0.2, 0.25) is 11.8 Å². The van der Waals surface area contributed by atoms with E-state index in [1.54, 1.807) is 23.3 Å². The van der Waals surface area contributed by atoms with Gasteiger partial charge in [-0.25, -0.2) is 4.79 Å². The van der Waals surface area contributed by atoms with Gasteiger partial charge in [0.15, 0.2) is 0 Å². The summed E-state index contributed by atoms with van der Waals surface area (Å²) in [7, 11) is 1.71. The molecule has 8 heteroatoms. The molecule has 0 saturated heterocycles. The molecule has 0 aromatic carbocycles. The van der Waals surface area contributed by atoms with Crippen LogP contribution in [0.5, 0.6) is 0 Å². The van der Waals surface area contributed by atoms with Crippen molar-refractivity contribution in [3.8, 4) is 0 Å². The van der Waals surface area contributed by atoms with Crippen molar-refractivity contribution in [2.24, 2.45) is 0 Å². The van der Waals surface area contributed by atoms with Gasteiger partial charge < -0.3 is 15.3 Å². The van der Waals surface area contributed by atoms with Gasteiger partial charge in [-0.15, -0.1) is 23.1 Å². The summed E-state index contributed by atoms with van der Waals surface area (Å²) in [6.07, 6.45) is 0. The summed E-state index contributed by atoms with van der Waals surface area (Å²) in [6, 6.07) is 2.92. The van der Waals surface area contributed by atoms with Gasteiger partial charge >= 0.3 is 5.97 Å². The Hall–Kier alpha value is -1.54. The molecule has 0 spiro atoms. The predicted octanol–water partition coefficient (Wildman–Crippen LogP) is 1.03. The van der Waals surface area contributed by atoms with E-state index in [9.17, 15) is 14.4 Å². The third kappa shape index (κ3) is 6.63. The lowest BCUT2D eigenvalue weighted by atomic mass is 10.3. The quantitative estimate of drug-likeness (QED) is 0.743. The largest absolute Gasteiger partial charge is 0.480 e. The molecule has 1 rings (SSSR count). The van der Waals surface area contributed by atoms with Gasteiger partial charge in [0, 0.05) is 24.6 Å². The lowest BCUT2D eigenvalue weighted by Gasteiger charge is -2.17. The van der Waals surface area contributed by atoms with E-state index in [4.69, 9.17) is 5.11 Å². The summed E-state index contributed by atoms with van der Waals surface area (Å²) in [4.78, 5) is 36.4. The number of carbonyl (C=O) groups excluding carboxylic acids is 2. The fourth-order valence-corrected chi connectivity index (χ4v) is 3.25. The highest BCUT2D eigenvalue weighted by atomic mass is 32.2. The highest BCUT2D eigenvalue weighted by Gasteiger charge is 2.19. The maximum absolute atomic E-state index is 11.9. The Morgan fingerprint density at radius 2 is 2.19 bits per heavy atom. The fourth-order valence-electron chi connectivity index (χ4n) is 1.52. The monoisotopic (exact) mass is 330 g/mol. The van der Waals surface area contributed by atoms with Crippen LogP contribution in [0.25, 0.3) is 0 Å².